The lowest BCUT2D eigenvalue weighted by Crippen LogP contribution is -2.37. The molecular weight excluding hydrogens is 298 g/mol. The van der Waals surface area contributed by atoms with Gasteiger partial charge >= 0.3 is 0 Å². The molecule has 0 spiro atoms. The van der Waals surface area contributed by atoms with E-state index in [2.05, 4.69) is 24.4 Å². The monoisotopic (exact) mass is 319 g/mol. The number of ether oxygens (including phenoxy) is 1. The maximum atomic E-state index is 9.97. The lowest BCUT2D eigenvalue weighted by atomic mass is 10.1. The summed E-state index contributed by atoms with van der Waals surface area (Å²) < 4.78 is 5.52. The number of benzene rings is 2. The minimum Gasteiger partial charge on any atom is -0.491 e. The van der Waals surface area contributed by atoms with E-state index < -0.39 is 6.10 Å². The largest absolute Gasteiger partial charge is 0.491 e. The molecular formula is C18H22ClNO2. The molecule has 0 fully saturated rings. The highest BCUT2D eigenvalue weighted by Gasteiger charge is 2.09. The minimum atomic E-state index is -0.558. The SMILES string of the molecule is CC(Cc1ccccc1)NCC(O)COc1cccc(Cl)c1. The number of hydrogen-bond acceptors (Lipinski definition) is 3. The first kappa shape index (κ1) is 16.8. The zero-order valence-electron chi connectivity index (χ0n) is 12.7. The fraction of sp³-hybridized carbons (Fsp3) is 0.333. The molecule has 0 bridgehead atoms. The Balaban J connectivity index is 1.67. The van der Waals surface area contributed by atoms with Gasteiger partial charge in [0.25, 0.3) is 0 Å². The average molecular weight is 320 g/mol. The molecule has 0 radical (unpaired) electrons. The Bertz CT molecular complexity index is 562. The lowest BCUT2D eigenvalue weighted by molar-refractivity contribution is 0.104. The van der Waals surface area contributed by atoms with Gasteiger partial charge in [0.15, 0.2) is 0 Å². The van der Waals surface area contributed by atoms with Gasteiger partial charge in [-0.25, -0.2) is 0 Å². The highest BCUT2D eigenvalue weighted by molar-refractivity contribution is 6.30. The van der Waals surface area contributed by atoms with E-state index in [1.54, 1.807) is 12.1 Å². The molecule has 0 saturated heterocycles. The van der Waals surface area contributed by atoms with Gasteiger partial charge in [-0.15, -0.1) is 0 Å². The van der Waals surface area contributed by atoms with Gasteiger partial charge in [0.2, 0.25) is 0 Å². The van der Waals surface area contributed by atoms with E-state index in [4.69, 9.17) is 16.3 Å². The molecule has 2 atom stereocenters. The van der Waals surface area contributed by atoms with Crippen molar-refractivity contribution in [3.05, 3.63) is 65.2 Å². The van der Waals surface area contributed by atoms with E-state index in [-0.39, 0.29) is 6.61 Å². The Labute approximate surface area is 136 Å². The molecule has 0 aliphatic heterocycles. The second-order valence-electron chi connectivity index (χ2n) is 5.42. The van der Waals surface area contributed by atoms with E-state index in [0.717, 1.165) is 6.42 Å². The first-order chi connectivity index (χ1) is 10.6. The highest BCUT2D eigenvalue weighted by Crippen LogP contribution is 2.17. The number of hydrogen-bond donors (Lipinski definition) is 2. The molecule has 2 N–H and O–H groups in total. The highest BCUT2D eigenvalue weighted by atomic mass is 35.5. The summed E-state index contributed by atoms with van der Waals surface area (Å²) in [5.74, 6) is 0.670. The molecule has 2 unspecified atom stereocenters. The van der Waals surface area contributed by atoms with Crippen LogP contribution in [0, 0.1) is 0 Å². The van der Waals surface area contributed by atoms with E-state index >= 15 is 0 Å². The zero-order chi connectivity index (χ0) is 15.8. The van der Waals surface area contributed by atoms with Crippen LogP contribution in [0.25, 0.3) is 0 Å². The van der Waals surface area contributed by atoms with Crippen molar-refractivity contribution >= 4 is 11.6 Å². The molecule has 0 aliphatic rings. The van der Waals surface area contributed by atoms with Crippen molar-refractivity contribution in [2.45, 2.75) is 25.5 Å². The lowest BCUT2D eigenvalue weighted by Gasteiger charge is -2.17. The van der Waals surface area contributed by atoms with E-state index in [0.29, 0.717) is 23.4 Å². The third kappa shape index (κ3) is 6.06. The maximum absolute atomic E-state index is 9.97. The van der Waals surface area contributed by atoms with Crippen LogP contribution >= 0.6 is 11.6 Å². The summed E-state index contributed by atoms with van der Waals surface area (Å²) >= 11 is 5.89. The molecule has 0 saturated carbocycles. The van der Waals surface area contributed by atoms with Crippen LogP contribution in [-0.4, -0.2) is 30.4 Å². The number of aliphatic hydroxyl groups excluding tert-OH is 1. The first-order valence-electron chi connectivity index (χ1n) is 7.47. The van der Waals surface area contributed by atoms with Gasteiger partial charge in [-0.3, -0.25) is 0 Å². The molecule has 22 heavy (non-hydrogen) atoms. The molecule has 2 rings (SSSR count). The van der Waals surface area contributed by atoms with Gasteiger partial charge in [0.1, 0.15) is 18.5 Å². The summed E-state index contributed by atoms with van der Waals surface area (Å²) in [5, 5.41) is 13.9. The smallest absolute Gasteiger partial charge is 0.120 e. The van der Waals surface area contributed by atoms with E-state index in [9.17, 15) is 5.11 Å². The second-order valence-corrected chi connectivity index (χ2v) is 5.86. The Hall–Kier alpha value is -1.55. The van der Waals surface area contributed by atoms with Gasteiger partial charge in [0, 0.05) is 17.6 Å². The van der Waals surface area contributed by atoms with Crippen LogP contribution < -0.4 is 10.1 Å². The summed E-state index contributed by atoms with van der Waals surface area (Å²) in [7, 11) is 0. The molecule has 2 aromatic rings. The zero-order valence-corrected chi connectivity index (χ0v) is 13.5. The fourth-order valence-electron chi connectivity index (χ4n) is 2.19. The number of aliphatic hydroxyl groups is 1. The topological polar surface area (TPSA) is 41.5 Å². The Morgan fingerprint density at radius 1 is 1.14 bits per heavy atom. The molecule has 4 heteroatoms. The van der Waals surface area contributed by atoms with E-state index in [1.807, 2.05) is 30.3 Å². The van der Waals surface area contributed by atoms with Crippen LogP contribution in [-0.2, 0) is 6.42 Å². The maximum Gasteiger partial charge on any atom is 0.120 e. The Morgan fingerprint density at radius 2 is 1.91 bits per heavy atom. The van der Waals surface area contributed by atoms with Crippen molar-refractivity contribution < 1.29 is 9.84 Å². The Kier molecular flexibility index (Phi) is 6.72. The van der Waals surface area contributed by atoms with Gasteiger partial charge in [-0.2, -0.15) is 0 Å². The second kappa shape index (κ2) is 8.79. The number of halogens is 1. The van der Waals surface area contributed by atoms with Gasteiger partial charge in [0.05, 0.1) is 0 Å². The Morgan fingerprint density at radius 3 is 2.64 bits per heavy atom. The van der Waals surface area contributed by atoms with Crippen LogP contribution in [0.5, 0.6) is 5.75 Å². The summed E-state index contributed by atoms with van der Waals surface area (Å²) in [4.78, 5) is 0. The predicted octanol–water partition coefficient (Wildman–Crippen LogP) is 3.30. The predicted molar refractivity (Wildman–Crippen MR) is 90.6 cm³/mol. The van der Waals surface area contributed by atoms with Crippen molar-refractivity contribution in [2.75, 3.05) is 13.2 Å². The quantitative estimate of drug-likeness (QED) is 0.784. The normalized spacial score (nSPS) is 13.6. The standard InChI is InChI=1S/C18H22ClNO2/c1-14(10-15-6-3-2-4-7-15)20-12-17(21)13-22-18-9-5-8-16(19)11-18/h2-9,11,14,17,20-21H,10,12-13H2,1H3. The van der Waals surface area contributed by atoms with Gasteiger partial charge in [-0.1, -0.05) is 48.0 Å². The summed E-state index contributed by atoms with van der Waals surface area (Å²) in [6.45, 7) is 2.84. The minimum absolute atomic E-state index is 0.241. The van der Waals surface area contributed by atoms with Crippen LogP contribution in [0.2, 0.25) is 5.02 Å². The first-order valence-corrected chi connectivity index (χ1v) is 7.85. The van der Waals surface area contributed by atoms with Crippen LogP contribution in [0.3, 0.4) is 0 Å². The van der Waals surface area contributed by atoms with Crippen molar-refractivity contribution in [1.29, 1.82) is 0 Å². The summed E-state index contributed by atoms with van der Waals surface area (Å²) in [5.41, 5.74) is 1.28. The molecule has 0 heterocycles. The molecule has 3 nitrogen and oxygen atoms in total. The fourth-order valence-corrected chi connectivity index (χ4v) is 2.37. The van der Waals surface area contributed by atoms with Crippen molar-refractivity contribution in [3.8, 4) is 5.75 Å². The molecule has 0 aliphatic carbocycles. The van der Waals surface area contributed by atoms with Crippen LogP contribution in [0.15, 0.2) is 54.6 Å². The van der Waals surface area contributed by atoms with Crippen LogP contribution in [0.4, 0.5) is 0 Å². The van der Waals surface area contributed by atoms with Gasteiger partial charge < -0.3 is 15.2 Å². The molecule has 2 aromatic carbocycles. The third-order valence-electron chi connectivity index (χ3n) is 3.33. The number of nitrogens with one attached hydrogen (secondary N) is 1. The van der Waals surface area contributed by atoms with E-state index in [1.165, 1.54) is 5.56 Å². The van der Waals surface area contributed by atoms with Crippen molar-refractivity contribution in [1.82, 2.24) is 5.32 Å². The van der Waals surface area contributed by atoms with Crippen molar-refractivity contribution in [3.63, 3.8) is 0 Å². The summed E-state index contributed by atoms with van der Waals surface area (Å²) in [6.07, 6.45) is 0.375. The van der Waals surface area contributed by atoms with Gasteiger partial charge in [-0.05, 0) is 37.1 Å². The molecule has 118 valence electrons. The molecule has 0 aromatic heterocycles. The molecule has 0 amide bonds. The van der Waals surface area contributed by atoms with Crippen molar-refractivity contribution in [2.24, 2.45) is 0 Å². The summed E-state index contributed by atoms with van der Waals surface area (Å²) in [6, 6.07) is 17.8. The average Bonchev–Trinajstić information content (AvgIpc) is 2.52. The number of rotatable bonds is 8. The third-order valence-corrected chi connectivity index (χ3v) is 3.56. The van der Waals surface area contributed by atoms with Crippen LogP contribution in [0.1, 0.15) is 12.5 Å².